The molecule has 0 atom stereocenters. The number of urea groups is 1. The van der Waals surface area contributed by atoms with E-state index in [1.807, 2.05) is 13.8 Å². The third-order valence-electron chi connectivity index (χ3n) is 5.98. The van der Waals surface area contributed by atoms with Crippen molar-refractivity contribution in [2.75, 3.05) is 25.5 Å². The number of nitrogens with zero attached hydrogens (tertiary/aromatic N) is 3. The van der Waals surface area contributed by atoms with Gasteiger partial charge in [0.2, 0.25) is 10.0 Å². The largest absolute Gasteiger partial charge is 0.420 e. The molecule has 2 aliphatic rings. The highest BCUT2D eigenvalue weighted by molar-refractivity contribution is 7.90. The summed E-state index contributed by atoms with van der Waals surface area (Å²) in [4.78, 5) is 26.4. The number of hydrogen-bond donors (Lipinski definition) is 1. The van der Waals surface area contributed by atoms with Crippen molar-refractivity contribution in [1.29, 1.82) is 0 Å². The van der Waals surface area contributed by atoms with Crippen molar-refractivity contribution in [1.82, 2.24) is 13.8 Å². The minimum absolute atomic E-state index is 0.0279. The van der Waals surface area contributed by atoms with Gasteiger partial charge in [-0.2, -0.15) is 0 Å². The number of rotatable bonds is 5. The zero-order chi connectivity index (χ0) is 21.6. The van der Waals surface area contributed by atoms with Crippen LogP contribution in [0.5, 0.6) is 0 Å². The monoisotopic (exact) mass is 436 g/mol. The summed E-state index contributed by atoms with van der Waals surface area (Å²) in [6.45, 7) is 4.70. The van der Waals surface area contributed by atoms with E-state index in [4.69, 9.17) is 4.42 Å². The zero-order valence-corrected chi connectivity index (χ0v) is 18.3. The first-order valence-electron chi connectivity index (χ1n) is 10.4. The lowest BCUT2D eigenvalue weighted by molar-refractivity contribution is 0.174. The Morgan fingerprint density at radius 1 is 1.20 bits per heavy atom. The summed E-state index contributed by atoms with van der Waals surface area (Å²) in [6.07, 6.45) is 2.74. The maximum absolute atomic E-state index is 12.7. The Balaban J connectivity index is 1.40. The second-order valence-electron chi connectivity index (χ2n) is 8.43. The van der Waals surface area contributed by atoms with Gasteiger partial charge in [-0.3, -0.25) is 4.57 Å². The van der Waals surface area contributed by atoms with Gasteiger partial charge in [0, 0.05) is 44.0 Å². The minimum Gasteiger partial charge on any atom is -0.408 e. The van der Waals surface area contributed by atoms with E-state index in [-0.39, 0.29) is 23.4 Å². The molecule has 0 unspecified atom stereocenters. The number of sulfonamides is 1. The number of amides is 2. The molecule has 0 bridgehead atoms. The topological polar surface area (TPSA) is 105 Å². The molecule has 164 valence electrons. The summed E-state index contributed by atoms with van der Waals surface area (Å²) in [7, 11) is -1.44. The van der Waals surface area contributed by atoms with Gasteiger partial charge in [-0.05, 0) is 51.7 Å². The molecule has 2 aromatic rings. The Kier molecular flexibility index (Phi) is 5.39. The number of anilines is 1. The van der Waals surface area contributed by atoms with Crippen LogP contribution in [-0.2, 0) is 10.0 Å². The molecule has 1 saturated carbocycles. The van der Waals surface area contributed by atoms with Crippen LogP contribution in [0.15, 0.2) is 27.4 Å². The van der Waals surface area contributed by atoms with Crippen LogP contribution >= 0.6 is 0 Å². The number of carbonyl (C=O) groups is 1. The van der Waals surface area contributed by atoms with Gasteiger partial charge in [0.1, 0.15) is 0 Å². The van der Waals surface area contributed by atoms with E-state index in [1.54, 1.807) is 39.0 Å². The molecule has 30 heavy (non-hydrogen) atoms. The number of oxazole rings is 1. The van der Waals surface area contributed by atoms with Crippen LogP contribution in [0.25, 0.3) is 11.1 Å². The summed E-state index contributed by atoms with van der Waals surface area (Å²) < 4.78 is 33.2. The van der Waals surface area contributed by atoms with Crippen molar-refractivity contribution in [2.24, 2.45) is 0 Å². The van der Waals surface area contributed by atoms with E-state index >= 15 is 0 Å². The molecule has 0 spiro atoms. The molecular formula is C20H28N4O5S. The summed E-state index contributed by atoms with van der Waals surface area (Å²) in [5.74, 6) is -0.423. The highest BCUT2D eigenvalue weighted by Gasteiger charge is 2.41. The normalized spacial score (nSPS) is 18.8. The van der Waals surface area contributed by atoms with E-state index in [9.17, 15) is 18.0 Å². The van der Waals surface area contributed by atoms with E-state index in [1.165, 1.54) is 0 Å². The Morgan fingerprint density at radius 2 is 1.87 bits per heavy atom. The number of aromatic nitrogens is 1. The molecule has 1 saturated heterocycles. The average Bonchev–Trinajstić information content (AvgIpc) is 3.50. The molecule has 0 radical (unpaired) electrons. The van der Waals surface area contributed by atoms with Crippen LogP contribution in [0.3, 0.4) is 0 Å². The molecule has 10 heteroatoms. The lowest BCUT2D eigenvalue weighted by Gasteiger charge is -2.36. The van der Waals surface area contributed by atoms with Crippen LogP contribution in [0.2, 0.25) is 0 Å². The predicted molar refractivity (Wildman–Crippen MR) is 114 cm³/mol. The minimum atomic E-state index is -3.16. The molecule has 1 N–H and O–H groups in total. The molecule has 1 aliphatic heterocycles. The summed E-state index contributed by atoms with van der Waals surface area (Å²) >= 11 is 0. The second-order valence-corrected chi connectivity index (χ2v) is 10.6. The van der Waals surface area contributed by atoms with Crippen LogP contribution < -0.4 is 11.1 Å². The number of carbonyl (C=O) groups excluding carboxylic acids is 1. The molecule has 4 rings (SSSR count). The summed E-state index contributed by atoms with van der Waals surface area (Å²) in [5, 5.41) is 2.64. The van der Waals surface area contributed by atoms with Gasteiger partial charge in [-0.25, -0.2) is 22.3 Å². The number of fused-ring (bicyclic) bond motifs is 1. The van der Waals surface area contributed by atoms with E-state index in [0.29, 0.717) is 42.7 Å². The number of piperidine rings is 1. The van der Waals surface area contributed by atoms with Gasteiger partial charge in [-0.1, -0.05) is 0 Å². The fourth-order valence-electron chi connectivity index (χ4n) is 4.04. The van der Waals surface area contributed by atoms with Crippen molar-refractivity contribution in [3.05, 3.63) is 28.7 Å². The SMILES string of the molecule is CC(C)n1c(=O)oc2cc(NC(=O)N(C)C3CCN(S(=O)(=O)C4CC4)CC3)ccc21. The molecule has 1 aromatic heterocycles. The van der Waals surface area contributed by atoms with Crippen molar-refractivity contribution in [2.45, 2.75) is 56.9 Å². The maximum Gasteiger partial charge on any atom is 0.420 e. The van der Waals surface area contributed by atoms with Gasteiger partial charge in [0.25, 0.3) is 0 Å². The van der Waals surface area contributed by atoms with Crippen LogP contribution in [0, 0.1) is 0 Å². The second kappa shape index (κ2) is 7.73. The van der Waals surface area contributed by atoms with Gasteiger partial charge in [0.15, 0.2) is 5.58 Å². The fourth-order valence-corrected chi connectivity index (χ4v) is 5.91. The average molecular weight is 437 g/mol. The smallest absolute Gasteiger partial charge is 0.408 e. The quantitative estimate of drug-likeness (QED) is 0.776. The van der Waals surface area contributed by atoms with Gasteiger partial charge < -0.3 is 14.6 Å². The van der Waals surface area contributed by atoms with Crippen molar-refractivity contribution in [3.63, 3.8) is 0 Å². The molecule has 2 fully saturated rings. The Labute approximate surface area is 175 Å². The first-order chi connectivity index (χ1) is 14.2. The lowest BCUT2D eigenvalue weighted by Crippen LogP contribution is -2.48. The summed E-state index contributed by atoms with van der Waals surface area (Å²) in [6, 6.07) is 4.82. The molecule has 2 heterocycles. The van der Waals surface area contributed by atoms with Crippen molar-refractivity contribution < 1.29 is 17.6 Å². The Morgan fingerprint density at radius 3 is 2.47 bits per heavy atom. The predicted octanol–water partition coefficient (Wildman–Crippen LogP) is 2.60. The number of nitrogens with one attached hydrogen (secondary N) is 1. The van der Waals surface area contributed by atoms with E-state index in [0.717, 1.165) is 12.8 Å². The van der Waals surface area contributed by atoms with E-state index < -0.39 is 15.8 Å². The van der Waals surface area contributed by atoms with Crippen LogP contribution in [0.4, 0.5) is 10.5 Å². The van der Waals surface area contributed by atoms with Crippen LogP contribution in [-0.4, -0.2) is 59.7 Å². The Bertz CT molecular complexity index is 1110. The van der Waals surface area contributed by atoms with Crippen molar-refractivity contribution in [3.8, 4) is 0 Å². The van der Waals surface area contributed by atoms with Crippen LogP contribution in [0.1, 0.15) is 45.6 Å². The van der Waals surface area contributed by atoms with Gasteiger partial charge in [-0.15, -0.1) is 0 Å². The summed E-state index contributed by atoms with van der Waals surface area (Å²) in [5.41, 5.74) is 1.65. The molecule has 1 aliphatic carbocycles. The standard InChI is InChI=1S/C20H28N4O5S/c1-13(2)24-17-7-4-14(12-18(17)29-20(24)26)21-19(25)22(3)15-8-10-23(11-9-15)30(27,28)16-5-6-16/h4,7,12-13,15-16H,5-6,8-11H2,1-3H3,(H,21,25). The molecular weight excluding hydrogens is 408 g/mol. The van der Waals surface area contributed by atoms with Gasteiger partial charge >= 0.3 is 11.8 Å². The highest BCUT2D eigenvalue weighted by Crippen LogP contribution is 2.32. The third-order valence-corrected chi connectivity index (χ3v) is 8.38. The molecule has 1 aromatic carbocycles. The maximum atomic E-state index is 12.7. The number of benzene rings is 1. The highest BCUT2D eigenvalue weighted by atomic mass is 32.2. The lowest BCUT2D eigenvalue weighted by atomic mass is 10.1. The van der Waals surface area contributed by atoms with Crippen molar-refractivity contribution >= 4 is 32.8 Å². The fraction of sp³-hybridized carbons (Fsp3) is 0.600. The van der Waals surface area contributed by atoms with Gasteiger partial charge in [0.05, 0.1) is 10.8 Å². The Hall–Kier alpha value is -2.33. The first kappa shape index (κ1) is 20.9. The molecule has 9 nitrogen and oxygen atoms in total. The van der Waals surface area contributed by atoms with E-state index in [2.05, 4.69) is 5.32 Å². The molecule has 2 amide bonds. The number of hydrogen-bond acceptors (Lipinski definition) is 5. The third kappa shape index (κ3) is 3.85. The zero-order valence-electron chi connectivity index (χ0n) is 17.5. The first-order valence-corrected chi connectivity index (χ1v) is 11.9.